The number of likely N-dealkylation sites (N-methyl/N-ethyl adjacent to an activating group) is 1. The smallest absolute Gasteiger partial charge is 0.414 e. The molecule has 0 bridgehead atoms. The number of hydrogen-bond acceptors (Lipinski definition) is 6. The third kappa shape index (κ3) is 5.15. The molecule has 2 aromatic heterocycles. The second kappa shape index (κ2) is 11.1. The van der Waals surface area contributed by atoms with E-state index in [1.165, 1.54) is 7.11 Å². The van der Waals surface area contributed by atoms with E-state index in [-0.39, 0.29) is 17.7 Å². The summed E-state index contributed by atoms with van der Waals surface area (Å²) in [7, 11) is 3.62. The number of amides is 1. The molecule has 37 heavy (non-hydrogen) atoms. The lowest BCUT2D eigenvalue weighted by molar-refractivity contribution is 0.0421. The van der Waals surface area contributed by atoms with Crippen LogP contribution in [0, 0.1) is 0 Å². The number of carbonyl (C=O) groups excluding carboxylic acids is 1. The number of methoxy groups -OCH3 is 1. The number of carbonyl (C=O) groups is 1. The molecule has 0 spiro atoms. The molecule has 9 heteroatoms. The third-order valence-corrected chi connectivity index (χ3v) is 7.93. The van der Waals surface area contributed by atoms with Gasteiger partial charge in [0.05, 0.1) is 23.8 Å². The first-order valence-corrected chi connectivity index (χ1v) is 13.3. The molecule has 5 rings (SSSR count). The van der Waals surface area contributed by atoms with Gasteiger partial charge in [0.2, 0.25) is 0 Å². The number of imidazole rings is 1. The van der Waals surface area contributed by atoms with Gasteiger partial charge in [0, 0.05) is 69.2 Å². The Labute approximate surface area is 217 Å². The highest BCUT2D eigenvalue weighted by molar-refractivity contribution is 5.95. The molecule has 2 aliphatic rings. The average Bonchev–Trinajstić information content (AvgIpc) is 3.28. The number of aryl methyl sites for hydroxylation is 3. The topological polar surface area (TPSA) is 81.8 Å². The van der Waals surface area contributed by atoms with Gasteiger partial charge in [-0.2, -0.15) is 0 Å². The first-order chi connectivity index (χ1) is 18.0. The summed E-state index contributed by atoms with van der Waals surface area (Å²) in [5.41, 5.74) is 3.99. The number of nitrogens with zero attached hydrogens (tertiary/aromatic N) is 5. The first-order valence-electron chi connectivity index (χ1n) is 13.3. The molecule has 3 aromatic rings. The minimum atomic E-state index is -0.339. The first kappa shape index (κ1) is 25.5. The van der Waals surface area contributed by atoms with E-state index in [0.29, 0.717) is 19.0 Å². The van der Waals surface area contributed by atoms with Crippen molar-refractivity contribution >= 4 is 22.8 Å². The van der Waals surface area contributed by atoms with Crippen molar-refractivity contribution in [1.29, 1.82) is 0 Å². The van der Waals surface area contributed by atoms with Crippen LogP contribution in [0.5, 0.6) is 0 Å². The molecule has 0 aliphatic carbocycles. The Kier molecular flexibility index (Phi) is 7.62. The van der Waals surface area contributed by atoms with Crippen molar-refractivity contribution < 1.29 is 14.3 Å². The number of rotatable bonds is 7. The standard InChI is InChI=1S/C28H37N5O4/c1-20-7-8-22-23(33(20)28(35)36-3)9-10-24-27(22)29-25(11-15-31-14-5-4-6-26(31)34)32(24)17-16-30(2)21-12-18-37-19-13-21/h4-6,9-10,14,20-21H,7-8,11-13,15-19H2,1-3H3/t20-/m0/s1. The summed E-state index contributed by atoms with van der Waals surface area (Å²) >= 11 is 0. The van der Waals surface area contributed by atoms with Gasteiger partial charge in [0.25, 0.3) is 5.56 Å². The molecule has 1 fully saturated rings. The van der Waals surface area contributed by atoms with Crippen molar-refractivity contribution in [3.05, 3.63) is 58.3 Å². The van der Waals surface area contributed by atoms with Crippen molar-refractivity contribution in [2.24, 2.45) is 0 Å². The van der Waals surface area contributed by atoms with Crippen LogP contribution in [0.15, 0.2) is 41.3 Å². The largest absolute Gasteiger partial charge is 0.452 e. The lowest BCUT2D eigenvalue weighted by Crippen LogP contribution is -2.42. The number of ether oxygens (including phenoxy) is 2. The van der Waals surface area contributed by atoms with Crippen LogP contribution in [-0.2, 0) is 35.4 Å². The van der Waals surface area contributed by atoms with Gasteiger partial charge in [-0.25, -0.2) is 9.78 Å². The minimum absolute atomic E-state index is 0.00972. The van der Waals surface area contributed by atoms with E-state index in [9.17, 15) is 9.59 Å². The van der Waals surface area contributed by atoms with E-state index in [1.54, 1.807) is 21.6 Å². The van der Waals surface area contributed by atoms with Crippen LogP contribution in [0.2, 0.25) is 0 Å². The normalized spacial score (nSPS) is 18.4. The molecule has 4 heterocycles. The lowest BCUT2D eigenvalue weighted by Gasteiger charge is -2.34. The Hall–Kier alpha value is -3.17. The fourth-order valence-electron chi connectivity index (χ4n) is 5.73. The van der Waals surface area contributed by atoms with E-state index < -0.39 is 0 Å². The van der Waals surface area contributed by atoms with Gasteiger partial charge in [-0.05, 0) is 57.9 Å². The molecular formula is C28H37N5O4. The zero-order valence-electron chi connectivity index (χ0n) is 22.1. The highest BCUT2D eigenvalue weighted by atomic mass is 16.5. The van der Waals surface area contributed by atoms with Crippen LogP contribution in [-0.4, -0.2) is 71.1 Å². The summed E-state index contributed by atoms with van der Waals surface area (Å²) in [4.78, 5) is 34.2. The van der Waals surface area contributed by atoms with Gasteiger partial charge in [-0.15, -0.1) is 0 Å². The van der Waals surface area contributed by atoms with Crippen LogP contribution in [0.25, 0.3) is 11.0 Å². The third-order valence-electron chi connectivity index (χ3n) is 7.93. The quantitative estimate of drug-likeness (QED) is 0.487. The number of anilines is 1. The van der Waals surface area contributed by atoms with Crippen molar-refractivity contribution in [2.75, 3.05) is 38.8 Å². The molecule has 0 N–H and O–H groups in total. The summed E-state index contributed by atoms with van der Waals surface area (Å²) in [6.07, 6.45) is 5.96. The molecule has 9 nitrogen and oxygen atoms in total. The maximum atomic E-state index is 12.6. The van der Waals surface area contributed by atoms with Crippen LogP contribution >= 0.6 is 0 Å². The van der Waals surface area contributed by atoms with Gasteiger partial charge >= 0.3 is 6.09 Å². The molecule has 0 saturated carbocycles. The Morgan fingerprint density at radius 3 is 2.73 bits per heavy atom. The average molecular weight is 508 g/mol. The summed E-state index contributed by atoms with van der Waals surface area (Å²) < 4.78 is 14.7. The summed E-state index contributed by atoms with van der Waals surface area (Å²) in [6.45, 7) is 5.96. The fourth-order valence-corrected chi connectivity index (χ4v) is 5.73. The monoisotopic (exact) mass is 507 g/mol. The molecule has 1 amide bonds. The molecule has 0 radical (unpaired) electrons. The van der Waals surface area contributed by atoms with Crippen LogP contribution in [0.3, 0.4) is 0 Å². The molecule has 198 valence electrons. The van der Waals surface area contributed by atoms with Gasteiger partial charge in [0.1, 0.15) is 5.82 Å². The Morgan fingerprint density at radius 2 is 1.97 bits per heavy atom. The molecular weight excluding hydrogens is 470 g/mol. The number of fused-ring (bicyclic) bond motifs is 3. The fraction of sp³-hybridized carbons (Fsp3) is 0.536. The summed E-state index contributed by atoms with van der Waals surface area (Å²) in [5.74, 6) is 0.961. The number of hydrogen-bond donors (Lipinski definition) is 0. The minimum Gasteiger partial charge on any atom is -0.452 e. The highest BCUT2D eigenvalue weighted by Crippen LogP contribution is 2.36. The van der Waals surface area contributed by atoms with E-state index in [0.717, 1.165) is 80.1 Å². The number of aromatic nitrogens is 3. The van der Waals surface area contributed by atoms with E-state index in [2.05, 4.69) is 29.5 Å². The number of benzene rings is 1. The molecule has 0 unspecified atom stereocenters. The Balaban J connectivity index is 1.49. The lowest BCUT2D eigenvalue weighted by atomic mass is 9.96. The number of pyridine rings is 1. The van der Waals surface area contributed by atoms with Gasteiger partial charge in [-0.1, -0.05) is 6.07 Å². The predicted molar refractivity (Wildman–Crippen MR) is 143 cm³/mol. The van der Waals surface area contributed by atoms with Crippen molar-refractivity contribution in [2.45, 2.75) is 64.2 Å². The van der Waals surface area contributed by atoms with Crippen molar-refractivity contribution in [3.8, 4) is 0 Å². The maximum absolute atomic E-state index is 12.6. The van der Waals surface area contributed by atoms with Crippen molar-refractivity contribution in [3.63, 3.8) is 0 Å². The molecule has 2 aliphatic heterocycles. The Morgan fingerprint density at radius 1 is 1.16 bits per heavy atom. The van der Waals surface area contributed by atoms with Crippen LogP contribution < -0.4 is 10.5 Å². The Bertz CT molecular complexity index is 1310. The van der Waals surface area contributed by atoms with E-state index >= 15 is 0 Å². The highest BCUT2D eigenvalue weighted by Gasteiger charge is 2.31. The van der Waals surface area contributed by atoms with Crippen LogP contribution in [0.4, 0.5) is 10.5 Å². The second-order valence-electron chi connectivity index (χ2n) is 10.1. The van der Waals surface area contributed by atoms with Crippen molar-refractivity contribution in [1.82, 2.24) is 19.0 Å². The second-order valence-corrected chi connectivity index (χ2v) is 10.1. The summed E-state index contributed by atoms with van der Waals surface area (Å²) in [6, 6.07) is 9.95. The van der Waals surface area contributed by atoms with Crippen LogP contribution in [0.1, 0.15) is 37.6 Å². The molecule has 1 aromatic carbocycles. The predicted octanol–water partition coefficient (Wildman–Crippen LogP) is 3.46. The van der Waals surface area contributed by atoms with Gasteiger partial charge in [0.15, 0.2) is 0 Å². The zero-order chi connectivity index (χ0) is 25.9. The van der Waals surface area contributed by atoms with Gasteiger partial charge in [-0.3, -0.25) is 9.69 Å². The zero-order valence-corrected chi connectivity index (χ0v) is 22.1. The van der Waals surface area contributed by atoms with Gasteiger partial charge < -0.3 is 23.5 Å². The van der Waals surface area contributed by atoms with E-state index in [4.69, 9.17) is 14.5 Å². The maximum Gasteiger partial charge on any atom is 0.414 e. The molecule has 1 saturated heterocycles. The van der Waals surface area contributed by atoms with E-state index in [1.807, 2.05) is 18.3 Å². The molecule has 1 atom stereocenters. The SMILES string of the molecule is COC(=O)N1c2ccc3c(nc(CCn4ccccc4=O)n3CCN(C)C3CCOCC3)c2CC[C@@H]1C. The summed E-state index contributed by atoms with van der Waals surface area (Å²) in [5, 5.41) is 0.